The molecule has 1 saturated heterocycles. The van der Waals surface area contributed by atoms with Crippen molar-refractivity contribution in [2.45, 2.75) is 30.8 Å². The fourth-order valence-electron chi connectivity index (χ4n) is 2.58. The average Bonchev–Trinajstić information content (AvgIpc) is 3.04. The highest BCUT2D eigenvalue weighted by atomic mass is 19.1. The van der Waals surface area contributed by atoms with E-state index in [0.29, 0.717) is 16.9 Å². The third-order valence-electron chi connectivity index (χ3n) is 3.67. The van der Waals surface area contributed by atoms with Crippen LogP contribution in [-0.4, -0.2) is 52.7 Å². The molecule has 3 heterocycles. The van der Waals surface area contributed by atoms with E-state index in [9.17, 15) is 9.50 Å². The zero-order valence-corrected chi connectivity index (χ0v) is 10.8. The van der Waals surface area contributed by atoms with Crippen molar-refractivity contribution in [3.63, 3.8) is 0 Å². The summed E-state index contributed by atoms with van der Waals surface area (Å²) in [4.78, 5) is 8.26. The van der Waals surface area contributed by atoms with Gasteiger partial charge in [-0.25, -0.2) is 4.39 Å². The monoisotopic (exact) mass is 295 g/mol. The van der Waals surface area contributed by atoms with Crippen molar-refractivity contribution >= 4 is 12.2 Å². The minimum absolute atomic E-state index is 0.322. The van der Waals surface area contributed by atoms with Gasteiger partial charge in [-0.2, -0.15) is 5.26 Å². The summed E-state index contributed by atoms with van der Waals surface area (Å²) in [5, 5.41) is 28.0. The van der Waals surface area contributed by atoms with Crippen LogP contribution in [0.2, 0.25) is 0 Å². The number of nitrogens with zero attached hydrogens (tertiary/aromatic N) is 3. The molecule has 21 heavy (non-hydrogen) atoms. The molecular weight excluding hydrogens is 281 g/mol. The number of aliphatic imine (C=N–C) groups is 1. The molecule has 2 aliphatic heterocycles. The van der Waals surface area contributed by atoms with Gasteiger partial charge < -0.3 is 25.7 Å². The van der Waals surface area contributed by atoms with Crippen LogP contribution in [0.3, 0.4) is 0 Å². The second kappa shape index (κ2) is 5.09. The molecule has 0 aromatic carbocycles. The molecule has 9 heteroatoms. The number of ether oxygens (including phenoxy) is 1. The van der Waals surface area contributed by atoms with Crippen molar-refractivity contribution < 1.29 is 19.3 Å². The highest BCUT2D eigenvalue weighted by Crippen LogP contribution is 2.36. The predicted molar refractivity (Wildman–Crippen MR) is 70.1 cm³/mol. The number of H-pyrrole nitrogens is 1. The molecule has 1 aromatic heterocycles. The third-order valence-corrected chi connectivity index (χ3v) is 3.67. The number of nitrogens with one attached hydrogen (secondary N) is 1. The van der Waals surface area contributed by atoms with Gasteiger partial charge in [-0.15, -0.1) is 0 Å². The Hall–Kier alpha value is -1.99. The number of aromatic nitrogens is 1. The summed E-state index contributed by atoms with van der Waals surface area (Å²) >= 11 is 0. The summed E-state index contributed by atoms with van der Waals surface area (Å²) in [6.07, 6.45) is -3.26. The number of halogens is 1. The number of aromatic amines is 1. The maximum Gasteiger partial charge on any atom is 0.166 e. The fraction of sp³-hybridized carbons (Fsp3) is 0.500. The molecule has 0 amide bonds. The Balaban J connectivity index is 1.96. The van der Waals surface area contributed by atoms with Gasteiger partial charge in [0.2, 0.25) is 0 Å². The highest BCUT2D eigenvalue weighted by molar-refractivity contribution is 5.83. The molecule has 5 atom stereocenters. The van der Waals surface area contributed by atoms with Gasteiger partial charge >= 0.3 is 0 Å². The lowest BCUT2D eigenvalue weighted by molar-refractivity contribution is -0.00831. The summed E-state index contributed by atoms with van der Waals surface area (Å²) in [6.45, 7) is -0.541. The van der Waals surface area contributed by atoms with Crippen molar-refractivity contribution in [2.75, 3.05) is 11.5 Å². The first-order valence-electron chi connectivity index (χ1n) is 6.35. The van der Waals surface area contributed by atoms with E-state index in [1.165, 1.54) is 17.4 Å². The van der Waals surface area contributed by atoms with Gasteiger partial charge in [0.05, 0.1) is 24.1 Å². The van der Waals surface area contributed by atoms with Crippen molar-refractivity contribution in [3.8, 4) is 6.07 Å². The molecule has 112 valence electrons. The lowest BCUT2D eigenvalue weighted by Crippen LogP contribution is -2.45. The number of alkyl halides is 1. The van der Waals surface area contributed by atoms with Crippen molar-refractivity contribution in [2.24, 2.45) is 10.7 Å². The van der Waals surface area contributed by atoms with E-state index in [4.69, 9.17) is 20.8 Å². The molecule has 5 N–H and O–H groups in total. The normalized spacial score (nSPS) is 34.8. The number of hydrogen-bond donors (Lipinski definition) is 4. The molecule has 0 saturated carbocycles. The summed E-state index contributed by atoms with van der Waals surface area (Å²) in [6, 6.07) is 1.99. The number of nitrogens with two attached hydrogens (primary N) is 1. The maximum absolute atomic E-state index is 13.8. The zero-order valence-electron chi connectivity index (χ0n) is 10.8. The minimum Gasteiger partial charge on any atom is -0.394 e. The Morgan fingerprint density at radius 3 is 3.00 bits per heavy atom. The van der Waals surface area contributed by atoms with Gasteiger partial charge in [-0.05, 0) is 0 Å². The van der Waals surface area contributed by atoms with E-state index >= 15 is 0 Å². The van der Waals surface area contributed by atoms with Gasteiger partial charge in [0.25, 0.3) is 0 Å². The number of aliphatic hydroxyl groups is 2. The summed E-state index contributed by atoms with van der Waals surface area (Å²) in [5.74, 6) is 0.420. The van der Waals surface area contributed by atoms with Crippen molar-refractivity contribution in [3.05, 3.63) is 17.3 Å². The van der Waals surface area contributed by atoms with Crippen LogP contribution in [0, 0.1) is 11.3 Å². The van der Waals surface area contributed by atoms with Crippen LogP contribution >= 0.6 is 0 Å². The van der Waals surface area contributed by atoms with Gasteiger partial charge in [0.15, 0.2) is 12.4 Å². The van der Waals surface area contributed by atoms with Crippen LogP contribution in [-0.2, 0) is 4.74 Å². The molecule has 2 aliphatic rings. The first-order valence-corrected chi connectivity index (χ1v) is 6.35. The van der Waals surface area contributed by atoms with Crippen LogP contribution in [0.4, 0.5) is 10.2 Å². The van der Waals surface area contributed by atoms with Crippen LogP contribution in [0.25, 0.3) is 0 Å². The molecule has 0 bridgehead atoms. The van der Waals surface area contributed by atoms with E-state index in [0.717, 1.165) is 0 Å². The average molecular weight is 295 g/mol. The molecule has 3 rings (SSSR count). The number of fused-ring (bicyclic) bond motifs is 1. The maximum atomic E-state index is 13.8. The second-order valence-corrected chi connectivity index (χ2v) is 4.88. The quantitative estimate of drug-likeness (QED) is 0.559. The molecule has 0 spiro atoms. The van der Waals surface area contributed by atoms with E-state index < -0.39 is 37.4 Å². The Morgan fingerprint density at radius 1 is 1.62 bits per heavy atom. The molecule has 8 nitrogen and oxygen atoms in total. The molecular formula is C12H14FN5O3. The Labute approximate surface area is 119 Å². The number of rotatable bonds is 2. The van der Waals surface area contributed by atoms with Crippen molar-refractivity contribution in [1.29, 1.82) is 5.26 Å². The van der Waals surface area contributed by atoms with Gasteiger partial charge in [-0.1, -0.05) is 0 Å². The molecule has 0 radical (unpaired) electrons. The van der Waals surface area contributed by atoms with Gasteiger partial charge in [0, 0.05) is 6.20 Å². The number of hydrogen-bond acceptors (Lipinski definition) is 7. The van der Waals surface area contributed by atoms with Crippen LogP contribution in [0.1, 0.15) is 17.3 Å². The van der Waals surface area contributed by atoms with E-state index in [2.05, 4.69) is 9.98 Å². The topological polar surface area (TPSA) is 131 Å². The van der Waals surface area contributed by atoms with Gasteiger partial charge in [0.1, 0.15) is 30.3 Å². The van der Waals surface area contributed by atoms with E-state index in [-0.39, 0.29) is 0 Å². The highest BCUT2D eigenvalue weighted by Gasteiger charge is 2.47. The first-order chi connectivity index (χ1) is 10.1. The molecule has 1 unspecified atom stereocenters. The Bertz CT molecular complexity index is 613. The standard InChI is InChI=1S/C12H14FN5O3/c13-8-6(3-19)21-12(9(8)20)18-4-17-10(15)7-5(1-14)2-16-11(7)18/h2,4,6,8-10,12,16,19-20H,3,15H2/t6-,8-,9-,10?,12-/m1/s1. The molecule has 0 aliphatic carbocycles. The summed E-state index contributed by atoms with van der Waals surface area (Å²) < 4.78 is 19.1. The van der Waals surface area contributed by atoms with Crippen molar-refractivity contribution in [1.82, 2.24) is 4.98 Å². The zero-order chi connectivity index (χ0) is 15.1. The smallest absolute Gasteiger partial charge is 0.166 e. The Kier molecular flexibility index (Phi) is 3.38. The fourth-order valence-corrected chi connectivity index (χ4v) is 2.58. The number of nitriles is 1. The molecule has 1 fully saturated rings. The number of aliphatic hydroxyl groups excluding tert-OH is 2. The summed E-state index contributed by atoms with van der Waals surface area (Å²) in [5.41, 5.74) is 6.61. The summed E-state index contributed by atoms with van der Waals surface area (Å²) in [7, 11) is 0. The second-order valence-electron chi connectivity index (χ2n) is 4.88. The first kappa shape index (κ1) is 14.0. The van der Waals surface area contributed by atoms with E-state index in [1.54, 1.807) is 0 Å². The predicted octanol–water partition coefficient (Wildman–Crippen LogP) is -0.892. The van der Waals surface area contributed by atoms with Gasteiger partial charge in [-0.3, -0.25) is 9.89 Å². The lowest BCUT2D eigenvalue weighted by Gasteiger charge is -2.31. The SMILES string of the molecule is N#Cc1c[nH]c2c1C(N)N=CN2[C@@H]1O[C@H](CO)[C@@H](F)[C@H]1O. The molecule has 1 aromatic rings. The van der Waals surface area contributed by atoms with Crippen LogP contribution in [0.5, 0.6) is 0 Å². The third kappa shape index (κ3) is 2.00. The Morgan fingerprint density at radius 2 is 2.38 bits per heavy atom. The minimum atomic E-state index is -1.71. The largest absolute Gasteiger partial charge is 0.394 e. The van der Waals surface area contributed by atoms with E-state index in [1.807, 2.05) is 6.07 Å². The number of anilines is 1. The van der Waals surface area contributed by atoms with Crippen LogP contribution in [0.15, 0.2) is 11.2 Å². The van der Waals surface area contributed by atoms with Crippen LogP contribution < -0.4 is 10.6 Å². The lowest BCUT2D eigenvalue weighted by atomic mass is 10.1.